The van der Waals surface area contributed by atoms with Gasteiger partial charge in [0.05, 0.1) is 0 Å². The van der Waals surface area contributed by atoms with E-state index in [-0.39, 0.29) is 0 Å². The molecule has 1 N–H and O–H groups in total. The van der Waals surface area contributed by atoms with Crippen molar-refractivity contribution < 1.29 is 9.84 Å². The van der Waals surface area contributed by atoms with Crippen LogP contribution in [-0.4, -0.2) is 53.9 Å². The molecule has 1 aromatic carbocycles. The average Bonchev–Trinajstić information content (AvgIpc) is 2.91. The van der Waals surface area contributed by atoms with Gasteiger partial charge in [-0.05, 0) is 44.7 Å². The predicted octanol–water partition coefficient (Wildman–Crippen LogP) is 2.48. The highest BCUT2D eigenvalue weighted by Crippen LogP contribution is 2.22. The molecule has 0 spiro atoms. The van der Waals surface area contributed by atoms with Crippen molar-refractivity contribution in [1.29, 1.82) is 0 Å². The van der Waals surface area contributed by atoms with Gasteiger partial charge in [-0.3, -0.25) is 4.90 Å². The van der Waals surface area contributed by atoms with Gasteiger partial charge in [0.15, 0.2) is 0 Å². The Hall–Kier alpha value is -0.710. The van der Waals surface area contributed by atoms with E-state index in [0.717, 1.165) is 11.3 Å². The third-order valence-corrected chi connectivity index (χ3v) is 4.93. The van der Waals surface area contributed by atoms with Crippen LogP contribution in [0.25, 0.3) is 0 Å². The lowest BCUT2D eigenvalue weighted by atomic mass is 10.1. The Balaban J connectivity index is 1.78. The molecule has 1 aromatic rings. The van der Waals surface area contributed by atoms with Gasteiger partial charge in [0, 0.05) is 18.3 Å². The van der Waals surface area contributed by atoms with Crippen LogP contribution in [0.5, 0.6) is 5.75 Å². The van der Waals surface area contributed by atoms with Crippen LogP contribution in [0.1, 0.15) is 17.5 Å². The predicted molar refractivity (Wildman–Crippen MR) is 85.8 cm³/mol. The number of likely N-dealkylation sites (N-methyl/N-ethyl adjacent to an activating group) is 1. The van der Waals surface area contributed by atoms with Crippen molar-refractivity contribution in [2.24, 2.45) is 0 Å². The normalized spacial score (nSPS) is 20.4. The van der Waals surface area contributed by atoms with Crippen LogP contribution in [0.4, 0.5) is 0 Å². The van der Waals surface area contributed by atoms with Crippen molar-refractivity contribution in [1.82, 2.24) is 4.90 Å². The van der Waals surface area contributed by atoms with Gasteiger partial charge in [0.25, 0.3) is 0 Å². The first-order valence-electron chi connectivity index (χ1n) is 7.22. The highest BCUT2D eigenvalue weighted by molar-refractivity contribution is 7.99. The summed E-state index contributed by atoms with van der Waals surface area (Å²) in [6, 6.07) is 6.73. The summed E-state index contributed by atoms with van der Waals surface area (Å²) in [5.74, 6) is 3.29. The number of ether oxygens (including phenoxy) is 1. The molecule has 1 saturated heterocycles. The van der Waals surface area contributed by atoms with Crippen LogP contribution in [0.2, 0.25) is 0 Å². The van der Waals surface area contributed by atoms with Gasteiger partial charge < -0.3 is 9.84 Å². The van der Waals surface area contributed by atoms with E-state index in [1.54, 1.807) is 0 Å². The van der Waals surface area contributed by atoms with Gasteiger partial charge in [0.2, 0.25) is 0 Å². The van der Waals surface area contributed by atoms with Crippen molar-refractivity contribution >= 4 is 11.8 Å². The number of aliphatic hydroxyl groups excluding tert-OH is 1. The molecule has 2 rings (SSSR count). The molecule has 3 nitrogen and oxygen atoms in total. The molecule has 1 heterocycles. The standard InChI is InChI=1S/C16H25NO2S/c1-12-4-5-16(13(2)8-12)19-10-15(18)9-17(3)14-6-7-20-11-14/h4-5,8,14-15,18H,6-7,9-11H2,1-3H3. The van der Waals surface area contributed by atoms with Gasteiger partial charge in [0.1, 0.15) is 18.5 Å². The Labute approximate surface area is 126 Å². The highest BCUT2D eigenvalue weighted by atomic mass is 32.2. The van der Waals surface area contributed by atoms with Crippen molar-refractivity contribution in [3.05, 3.63) is 29.3 Å². The van der Waals surface area contributed by atoms with E-state index in [1.807, 2.05) is 30.8 Å². The summed E-state index contributed by atoms with van der Waals surface area (Å²) >= 11 is 2.00. The molecule has 1 fully saturated rings. The van der Waals surface area contributed by atoms with E-state index >= 15 is 0 Å². The molecular weight excluding hydrogens is 270 g/mol. The van der Waals surface area contributed by atoms with Crippen LogP contribution >= 0.6 is 11.8 Å². The lowest BCUT2D eigenvalue weighted by molar-refractivity contribution is 0.0662. The maximum Gasteiger partial charge on any atom is 0.122 e. The minimum Gasteiger partial charge on any atom is -0.491 e. The van der Waals surface area contributed by atoms with E-state index < -0.39 is 6.10 Å². The van der Waals surface area contributed by atoms with E-state index in [4.69, 9.17) is 4.74 Å². The third kappa shape index (κ3) is 4.40. The number of hydrogen-bond acceptors (Lipinski definition) is 4. The lowest BCUT2D eigenvalue weighted by Gasteiger charge is -2.26. The average molecular weight is 295 g/mol. The maximum absolute atomic E-state index is 10.1. The van der Waals surface area contributed by atoms with E-state index in [2.05, 4.69) is 24.9 Å². The highest BCUT2D eigenvalue weighted by Gasteiger charge is 2.22. The first-order chi connectivity index (χ1) is 9.56. The maximum atomic E-state index is 10.1. The smallest absolute Gasteiger partial charge is 0.122 e. The summed E-state index contributed by atoms with van der Waals surface area (Å²) in [7, 11) is 2.09. The Morgan fingerprint density at radius 3 is 2.90 bits per heavy atom. The summed E-state index contributed by atoms with van der Waals surface area (Å²) < 4.78 is 5.74. The summed E-state index contributed by atoms with van der Waals surface area (Å²) in [4.78, 5) is 2.26. The molecule has 112 valence electrons. The number of aliphatic hydroxyl groups is 1. The Bertz CT molecular complexity index is 432. The number of rotatable bonds is 6. The lowest BCUT2D eigenvalue weighted by Crippen LogP contribution is -2.39. The van der Waals surface area contributed by atoms with Gasteiger partial charge in [-0.15, -0.1) is 0 Å². The fourth-order valence-corrected chi connectivity index (χ4v) is 3.85. The number of hydrogen-bond donors (Lipinski definition) is 1. The molecule has 0 saturated carbocycles. The minimum atomic E-state index is -0.439. The van der Waals surface area contributed by atoms with Crippen LogP contribution in [-0.2, 0) is 0 Å². The summed E-state index contributed by atoms with van der Waals surface area (Å²) in [5.41, 5.74) is 2.35. The van der Waals surface area contributed by atoms with Crippen molar-refractivity contribution in [2.75, 3.05) is 31.7 Å². The first kappa shape index (κ1) is 15.7. The molecule has 0 aliphatic carbocycles. The number of aryl methyl sites for hydroxylation is 2. The molecular formula is C16H25NO2S. The fourth-order valence-electron chi connectivity index (χ4n) is 2.55. The summed E-state index contributed by atoms with van der Waals surface area (Å²) in [6.45, 7) is 5.14. The quantitative estimate of drug-likeness (QED) is 0.874. The van der Waals surface area contributed by atoms with Gasteiger partial charge in [-0.25, -0.2) is 0 Å². The molecule has 0 radical (unpaired) electrons. The van der Waals surface area contributed by atoms with Crippen LogP contribution < -0.4 is 4.74 Å². The molecule has 0 bridgehead atoms. The van der Waals surface area contributed by atoms with Crippen molar-refractivity contribution in [3.8, 4) is 5.75 Å². The van der Waals surface area contributed by atoms with Gasteiger partial charge in [-0.2, -0.15) is 11.8 Å². The summed E-state index contributed by atoms with van der Waals surface area (Å²) in [6.07, 6.45) is 0.789. The molecule has 0 aromatic heterocycles. The number of thioether (sulfide) groups is 1. The summed E-state index contributed by atoms with van der Waals surface area (Å²) in [5, 5.41) is 10.1. The molecule has 4 heteroatoms. The SMILES string of the molecule is Cc1ccc(OCC(O)CN(C)C2CCSC2)c(C)c1. The zero-order valence-electron chi connectivity index (χ0n) is 12.6. The largest absolute Gasteiger partial charge is 0.491 e. The molecule has 2 atom stereocenters. The number of nitrogens with zero attached hydrogens (tertiary/aromatic N) is 1. The first-order valence-corrected chi connectivity index (χ1v) is 8.38. The second kappa shape index (κ2) is 7.34. The molecule has 20 heavy (non-hydrogen) atoms. The molecule has 1 aliphatic heterocycles. The zero-order valence-corrected chi connectivity index (χ0v) is 13.4. The van der Waals surface area contributed by atoms with Crippen molar-refractivity contribution in [2.45, 2.75) is 32.4 Å². The van der Waals surface area contributed by atoms with E-state index in [9.17, 15) is 5.11 Å². The monoisotopic (exact) mass is 295 g/mol. The molecule has 1 aliphatic rings. The van der Waals surface area contributed by atoms with Crippen LogP contribution in [0.3, 0.4) is 0 Å². The van der Waals surface area contributed by atoms with Crippen molar-refractivity contribution in [3.63, 3.8) is 0 Å². The Morgan fingerprint density at radius 2 is 2.25 bits per heavy atom. The van der Waals surface area contributed by atoms with Gasteiger partial charge >= 0.3 is 0 Å². The second-order valence-electron chi connectivity index (χ2n) is 5.69. The van der Waals surface area contributed by atoms with Crippen LogP contribution in [0.15, 0.2) is 18.2 Å². The van der Waals surface area contributed by atoms with E-state index in [1.165, 1.54) is 23.5 Å². The third-order valence-electron chi connectivity index (χ3n) is 3.79. The van der Waals surface area contributed by atoms with Gasteiger partial charge in [-0.1, -0.05) is 17.7 Å². The molecule has 2 unspecified atom stereocenters. The fraction of sp³-hybridized carbons (Fsp3) is 0.625. The minimum absolute atomic E-state index is 0.355. The van der Waals surface area contributed by atoms with E-state index in [0.29, 0.717) is 19.2 Å². The molecule has 0 amide bonds. The topological polar surface area (TPSA) is 32.7 Å². The zero-order chi connectivity index (χ0) is 14.5. The second-order valence-corrected chi connectivity index (χ2v) is 6.84. The number of benzene rings is 1. The van der Waals surface area contributed by atoms with Crippen LogP contribution in [0, 0.1) is 13.8 Å². The Morgan fingerprint density at radius 1 is 1.45 bits per heavy atom. The Kier molecular flexibility index (Phi) is 5.75.